The van der Waals surface area contributed by atoms with E-state index in [-0.39, 0.29) is 38.7 Å². The molecule has 0 unspecified atom stereocenters. The number of methoxy groups -OCH3 is 2. The molecule has 0 fully saturated rings. The maximum atomic E-state index is 13.1. The lowest BCUT2D eigenvalue weighted by molar-refractivity contribution is 0.101. The lowest BCUT2D eigenvalue weighted by Gasteiger charge is -2.13. The number of sulfonamides is 1. The zero-order valence-corrected chi connectivity index (χ0v) is 72.4. The summed E-state index contributed by atoms with van der Waals surface area (Å²) in [6, 6.07) is 87.8. The third-order valence-corrected chi connectivity index (χ3v) is 22.2. The molecule has 14 rings (SSSR count). The van der Waals surface area contributed by atoms with Gasteiger partial charge in [0.2, 0.25) is 9.23 Å². The average molecular weight is 1810 g/mol. The number of amides is 3. The Morgan fingerprint density at radius 2 is 0.661 bits per heavy atom. The number of carbonyl (C=O) groups is 4. The minimum Gasteiger partial charge on any atom is -1.00 e. The smallest absolute Gasteiger partial charge is 0.295 e. The van der Waals surface area contributed by atoms with Gasteiger partial charge in [-0.15, -0.1) is 0 Å². The Kier molecular flexibility index (Phi) is 37.2. The minimum atomic E-state index is -4.34. The Labute approximate surface area is 724 Å². The van der Waals surface area contributed by atoms with Gasteiger partial charge >= 0.3 is 0 Å². The number of anilines is 6. The van der Waals surface area contributed by atoms with Gasteiger partial charge in [0.25, 0.3) is 62.3 Å². The number of carbonyl (C=O) groups excluding carboxylic acids is 4. The Bertz CT molecular complexity index is 6200. The highest BCUT2D eigenvalue weighted by Gasteiger charge is 2.22. The fourth-order valence-electron chi connectivity index (χ4n) is 11.4. The molecule has 0 saturated heterocycles. The van der Waals surface area contributed by atoms with Crippen molar-refractivity contribution in [3.63, 3.8) is 0 Å². The molecule has 14 aromatic carbocycles. The molecule has 0 radical (unpaired) electrons. The number of nitrogen functional groups attached to an aromatic ring is 2. The third-order valence-electron chi connectivity index (χ3n) is 17.3. The molecule has 24 nitrogen and oxygen atoms in total. The predicted octanol–water partition coefficient (Wildman–Crippen LogP) is 19.8. The van der Waals surface area contributed by atoms with E-state index in [9.17, 15) is 57.4 Å². The number of nitrogens with zero attached hydrogens (tertiary/aromatic N) is 1. The van der Waals surface area contributed by atoms with Crippen molar-refractivity contribution in [2.45, 2.75) is 40.4 Å². The second-order valence-corrected chi connectivity index (χ2v) is 34.9. The number of nitrogens with one attached hydrogen (secondary N) is 4. The van der Waals surface area contributed by atoms with Crippen LogP contribution in [0.2, 0.25) is 0 Å². The Morgan fingerprint density at radius 1 is 0.380 bits per heavy atom. The molecule has 0 aliphatic rings. The second kappa shape index (κ2) is 46.7. The standard InChI is InChI=1S/C24H20N2O4S.C17H12ClNO3S.C17H13NO4S.C10H9NO3S.C7H5ClO.C7H9NO.C6H15N.Cl2OS.H/c1-30-19-15-13-18(14-16-19)26-31(28,29)23-12-6-9-20-21(23)10-5-11-22(20)25-24(27)17-7-3-2-4-8-17;18-23(21,22)16-11-5-8-13-14(16)9-4-10-15(13)19-17(20)12-6-2-1-3-7-12;19-17(12-6-2-1-3-7-12)18-15-10-4-9-14-13(15)8-5-11-16(14)23(20,21)22;11-9-5-1-4-8-7(9)3-2-6-10(8)15(12,13)14;8-7(9)6-4-2-1-3-5-6;1-9-7-4-2-6(8)3-5-7;1-4-7(5-2)6-3;1-4(2)3;/h2-16,26H,1H3,(H,25,27);1-11H,(H,19,20);1-11H,(H,18,19)(H,20,21,22);1-6H,11H2,(H,12,13,14);1-5H;2-5H,8H2,1H3;4-6H2,1-3H3;;/q;;;;;;;;-1. The molecular formula is C88H84Cl4N7O17S5-. The van der Waals surface area contributed by atoms with E-state index < -0.39 is 53.8 Å². The van der Waals surface area contributed by atoms with Gasteiger partial charge in [0.05, 0.1) is 24.0 Å². The van der Waals surface area contributed by atoms with Crippen molar-refractivity contribution in [2.75, 3.05) is 66.0 Å². The van der Waals surface area contributed by atoms with E-state index in [0.717, 1.165) is 11.4 Å². The van der Waals surface area contributed by atoms with Crippen molar-refractivity contribution in [2.24, 2.45) is 0 Å². The first-order valence-electron chi connectivity index (χ1n) is 36.2. The van der Waals surface area contributed by atoms with E-state index >= 15 is 0 Å². The summed E-state index contributed by atoms with van der Waals surface area (Å²) in [4.78, 5) is 49.7. The molecule has 0 atom stereocenters. The monoisotopic (exact) mass is 1810 g/mol. The summed E-state index contributed by atoms with van der Waals surface area (Å²) in [5.74, 6) is 0.640. The van der Waals surface area contributed by atoms with E-state index in [1.807, 2.05) is 36.4 Å². The summed E-state index contributed by atoms with van der Waals surface area (Å²) >= 11 is 5.16. The molecule has 3 amide bonds. The number of rotatable bonds is 18. The first kappa shape index (κ1) is 96.3. The molecule has 0 spiro atoms. The summed E-state index contributed by atoms with van der Waals surface area (Å²) < 4.78 is 135. The first-order valence-corrected chi connectivity index (χ1v) is 46.1. The van der Waals surface area contributed by atoms with Gasteiger partial charge < -0.3 is 43.2 Å². The van der Waals surface area contributed by atoms with Gasteiger partial charge in [-0.1, -0.05) is 203 Å². The molecule has 632 valence electrons. The van der Waals surface area contributed by atoms with E-state index in [2.05, 4.69) is 67.7 Å². The number of benzene rings is 14. The van der Waals surface area contributed by atoms with Gasteiger partial charge in [-0.3, -0.25) is 33.0 Å². The molecule has 14 aromatic rings. The quantitative estimate of drug-likeness (QED) is 0.0225. The molecule has 0 bridgehead atoms. The Morgan fingerprint density at radius 3 is 0.975 bits per heavy atom. The number of nitrogens with two attached hydrogens (primary N) is 2. The summed E-state index contributed by atoms with van der Waals surface area (Å²) in [5, 5.41) is 12.2. The van der Waals surface area contributed by atoms with Crippen molar-refractivity contribution in [1.82, 2.24) is 4.90 Å². The zero-order chi connectivity index (χ0) is 88.5. The number of hydrogen-bond donors (Lipinski definition) is 8. The number of ether oxygens (including phenoxy) is 2. The minimum absolute atomic E-state index is 0. The molecule has 0 aliphatic carbocycles. The number of hydrogen-bond acceptors (Lipinski definition) is 18. The largest absolute Gasteiger partial charge is 1.00 e. The fourth-order valence-corrected chi connectivity index (χ4v) is 15.3. The second-order valence-electron chi connectivity index (χ2n) is 25.1. The van der Waals surface area contributed by atoms with Crippen molar-refractivity contribution in [1.29, 1.82) is 0 Å². The van der Waals surface area contributed by atoms with Crippen molar-refractivity contribution in [3.05, 3.63) is 338 Å². The van der Waals surface area contributed by atoms with Crippen LogP contribution in [0.1, 0.15) is 63.6 Å². The zero-order valence-electron chi connectivity index (χ0n) is 66.3. The molecule has 121 heavy (non-hydrogen) atoms. The number of halogens is 4. The van der Waals surface area contributed by atoms with Crippen LogP contribution in [0.4, 0.5) is 34.1 Å². The lowest BCUT2D eigenvalue weighted by atomic mass is 10.1. The van der Waals surface area contributed by atoms with E-state index in [0.29, 0.717) is 99.5 Å². The van der Waals surface area contributed by atoms with Crippen LogP contribution >= 0.6 is 43.6 Å². The molecular weight excluding hydrogens is 1730 g/mol. The highest BCUT2D eigenvalue weighted by Crippen LogP contribution is 2.35. The normalized spacial score (nSPS) is 10.9. The highest BCUT2D eigenvalue weighted by molar-refractivity contribution is 8.26. The molecule has 10 N–H and O–H groups in total. The van der Waals surface area contributed by atoms with Gasteiger partial charge in [-0.25, -0.2) is 21.0 Å². The van der Waals surface area contributed by atoms with Crippen LogP contribution in [0.25, 0.3) is 43.1 Å². The SMILES string of the molecule is CCN(CC)CC.COc1ccc(N)cc1.COc1ccc(NS(=O)(=O)c2cccc3c(NC(=O)c4ccccc4)cccc23)cc1.Nc1cccc2c(S(=O)(=O)O)cccc12.O=C(Cl)c1ccccc1.O=C(Nc1cccc2c(S(=O)(=O)Cl)cccc12)c1ccccc1.O=C(Nc1cccc2c(S(=O)(=O)O)cccc12)c1ccccc1.O=S(Cl)Cl.[H-]. The van der Waals surface area contributed by atoms with Crippen LogP contribution in [0.15, 0.2) is 335 Å². The van der Waals surface area contributed by atoms with Gasteiger partial charge in [-0.05, 0) is 165 Å². The van der Waals surface area contributed by atoms with Gasteiger partial charge in [0.15, 0.2) is 0 Å². The van der Waals surface area contributed by atoms with E-state index in [4.69, 9.17) is 52.0 Å². The fraction of sp³-hybridized carbons (Fsp3) is 0.0909. The topological polar surface area (TPSA) is 384 Å². The summed E-state index contributed by atoms with van der Waals surface area (Å²) in [6.07, 6.45) is 0. The first-order chi connectivity index (χ1) is 57.6. The third kappa shape index (κ3) is 29.5. The maximum absolute atomic E-state index is 13.1. The summed E-state index contributed by atoms with van der Waals surface area (Å²) in [6.45, 7) is 10.1. The van der Waals surface area contributed by atoms with Crippen LogP contribution in [-0.4, -0.2) is 109 Å². The van der Waals surface area contributed by atoms with Crippen LogP contribution < -0.4 is 41.6 Å². The predicted molar refractivity (Wildman–Crippen MR) is 488 cm³/mol. The van der Waals surface area contributed by atoms with Crippen LogP contribution in [0, 0.1) is 0 Å². The molecule has 0 saturated carbocycles. The molecule has 0 heterocycles. The Hall–Kier alpha value is -11.8. The summed E-state index contributed by atoms with van der Waals surface area (Å²) in [7, 11) is -0.259. The van der Waals surface area contributed by atoms with Gasteiger partial charge in [0.1, 0.15) is 21.3 Å². The highest BCUT2D eigenvalue weighted by atomic mass is 36.0. The van der Waals surface area contributed by atoms with Crippen molar-refractivity contribution < 1.29 is 77.1 Å². The number of fused-ring (bicyclic) bond motifs is 4. The summed E-state index contributed by atoms with van der Waals surface area (Å²) in [5.41, 5.74) is 16.4. The van der Waals surface area contributed by atoms with Crippen molar-refractivity contribution >= 4 is 192 Å². The van der Waals surface area contributed by atoms with Crippen LogP contribution in [0.3, 0.4) is 0 Å². The molecule has 33 heteroatoms. The van der Waals surface area contributed by atoms with Crippen molar-refractivity contribution in [3.8, 4) is 11.5 Å². The van der Waals surface area contributed by atoms with E-state index in [1.165, 1.54) is 50.0 Å². The lowest BCUT2D eigenvalue weighted by Crippen LogP contribution is -2.21. The molecule has 0 aliphatic heterocycles. The molecule has 0 aromatic heterocycles. The Balaban J connectivity index is 0.000000230. The van der Waals surface area contributed by atoms with Crippen LogP contribution in [-0.2, 0) is 48.5 Å². The van der Waals surface area contributed by atoms with E-state index in [1.54, 1.807) is 263 Å². The van der Waals surface area contributed by atoms with Gasteiger partial charge in [-0.2, -0.15) is 16.8 Å². The average Bonchev–Trinajstić information content (AvgIpc) is 0.958. The van der Waals surface area contributed by atoms with Gasteiger partial charge in [0, 0.05) is 132 Å². The van der Waals surface area contributed by atoms with Crippen LogP contribution in [0.5, 0.6) is 11.5 Å². The maximum Gasteiger partial charge on any atom is 0.295 e.